The number of aryl methyl sites for hydroxylation is 2. The molecule has 1 aromatic heterocycles. The Kier molecular flexibility index (Phi) is 6.37. The number of anilines is 1. The molecular weight excluding hydrogens is 318 g/mol. The zero-order valence-electron chi connectivity index (χ0n) is 15.0. The first-order valence-electron chi connectivity index (χ1n) is 8.29. The minimum atomic E-state index is -0.233. The summed E-state index contributed by atoms with van der Waals surface area (Å²) < 4.78 is 0. The zero-order valence-corrected chi connectivity index (χ0v) is 15.8. The molecule has 0 fully saturated rings. The molecule has 24 heavy (non-hydrogen) atoms. The fourth-order valence-electron chi connectivity index (χ4n) is 2.47. The van der Waals surface area contributed by atoms with Gasteiger partial charge in [-0.1, -0.05) is 43.8 Å². The predicted octanol–water partition coefficient (Wildman–Crippen LogP) is 4.73. The van der Waals surface area contributed by atoms with Crippen molar-refractivity contribution in [2.24, 2.45) is 0 Å². The molecule has 0 aliphatic heterocycles. The number of hydrogen-bond acceptors (Lipinski definition) is 4. The van der Waals surface area contributed by atoms with Crippen molar-refractivity contribution >= 4 is 23.4 Å². The largest absolute Gasteiger partial charge is 0.325 e. The molecule has 2 atom stereocenters. The molecule has 2 aromatic rings. The molecule has 0 bridgehead atoms. The third-order valence-electron chi connectivity index (χ3n) is 3.97. The lowest BCUT2D eigenvalue weighted by Crippen LogP contribution is -2.23. The van der Waals surface area contributed by atoms with Gasteiger partial charge in [0.05, 0.1) is 5.25 Å². The SMILES string of the molecule is CC[C@@H](C)c1ccccc1NC(=O)[C@H](C)Sc1cc(C)nc(C)n1. The number of benzene rings is 1. The molecule has 0 saturated carbocycles. The lowest BCUT2D eigenvalue weighted by atomic mass is 9.97. The third kappa shape index (κ3) is 4.81. The van der Waals surface area contributed by atoms with Gasteiger partial charge in [0.15, 0.2) is 0 Å². The van der Waals surface area contributed by atoms with Crippen molar-refractivity contribution in [2.45, 2.75) is 57.2 Å². The van der Waals surface area contributed by atoms with Crippen LogP contribution in [0.2, 0.25) is 0 Å². The average molecular weight is 343 g/mol. The van der Waals surface area contributed by atoms with Crippen molar-refractivity contribution in [3.63, 3.8) is 0 Å². The molecule has 0 saturated heterocycles. The van der Waals surface area contributed by atoms with Gasteiger partial charge >= 0.3 is 0 Å². The van der Waals surface area contributed by atoms with Crippen LogP contribution in [0.5, 0.6) is 0 Å². The van der Waals surface area contributed by atoms with Crippen molar-refractivity contribution in [1.82, 2.24) is 9.97 Å². The maximum Gasteiger partial charge on any atom is 0.237 e. The second-order valence-electron chi connectivity index (χ2n) is 6.04. The molecular formula is C19H25N3OS. The molecule has 0 radical (unpaired) electrons. The molecule has 1 N–H and O–H groups in total. The normalized spacial score (nSPS) is 13.4. The van der Waals surface area contributed by atoms with Crippen LogP contribution >= 0.6 is 11.8 Å². The van der Waals surface area contributed by atoms with E-state index in [1.54, 1.807) is 0 Å². The Balaban J connectivity index is 2.09. The fourth-order valence-corrected chi connectivity index (χ4v) is 3.42. The summed E-state index contributed by atoms with van der Waals surface area (Å²) in [5.74, 6) is 1.13. The number of rotatable bonds is 6. The Hall–Kier alpha value is -1.88. The van der Waals surface area contributed by atoms with Gasteiger partial charge in [-0.05, 0) is 50.8 Å². The minimum absolute atomic E-state index is 0.00956. The van der Waals surface area contributed by atoms with Crippen LogP contribution in [0.3, 0.4) is 0 Å². The van der Waals surface area contributed by atoms with Crippen molar-refractivity contribution < 1.29 is 4.79 Å². The van der Waals surface area contributed by atoms with Crippen LogP contribution in [0.1, 0.15) is 50.2 Å². The van der Waals surface area contributed by atoms with Gasteiger partial charge in [0.25, 0.3) is 0 Å². The van der Waals surface area contributed by atoms with Gasteiger partial charge in [-0.25, -0.2) is 9.97 Å². The second-order valence-corrected chi connectivity index (χ2v) is 7.40. The summed E-state index contributed by atoms with van der Waals surface area (Å²) >= 11 is 1.46. The molecule has 1 aromatic carbocycles. The highest BCUT2D eigenvalue weighted by Gasteiger charge is 2.18. The van der Waals surface area contributed by atoms with Gasteiger partial charge in [-0.3, -0.25) is 4.79 Å². The molecule has 4 nitrogen and oxygen atoms in total. The van der Waals surface area contributed by atoms with Gasteiger partial charge in [0, 0.05) is 11.4 Å². The maximum absolute atomic E-state index is 12.6. The Morgan fingerprint density at radius 2 is 1.92 bits per heavy atom. The molecule has 0 unspecified atom stereocenters. The number of aromatic nitrogens is 2. The van der Waals surface area contributed by atoms with Gasteiger partial charge in [0.2, 0.25) is 5.91 Å². The molecule has 1 amide bonds. The van der Waals surface area contributed by atoms with Crippen LogP contribution in [-0.4, -0.2) is 21.1 Å². The summed E-state index contributed by atoms with van der Waals surface area (Å²) in [4.78, 5) is 21.2. The van der Waals surface area contributed by atoms with Crippen LogP contribution in [0.25, 0.3) is 0 Å². The number of para-hydroxylation sites is 1. The monoisotopic (exact) mass is 343 g/mol. The highest BCUT2D eigenvalue weighted by atomic mass is 32.2. The van der Waals surface area contributed by atoms with Gasteiger partial charge in [-0.2, -0.15) is 0 Å². The molecule has 5 heteroatoms. The maximum atomic E-state index is 12.6. The van der Waals surface area contributed by atoms with Crippen LogP contribution in [0, 0.1) is 13.8 Å². The summed E-state index contributed by atoms with van der Waals surface area (Å²) in [5.41, 5.74) is 3.00. The molecule has 1 heterocycles. The number of carbonyl (C=O) groups is 1. The first kappa shape index (κ1) is 18.5. The third-order valence-corrected chi connectivity index (χ3v) is 4.99. The lowest BCUT2D eigenvalue weighted by Gasteiger charge is -2.17. The van der Waals surface area contributed by atoms with Crippen LogP contribution < -0.4 is 5.32 Å². The van der Waals surface area contributed by atoms with Crippen molar-refractivity contribution in [2.75, 3.05) is 5.32 Å². The minimum Gasteiger partial charge on any atom is -0.325 e. The molecule has 0 aliphatic carbocycles. The number of hydrogen-bond donors (Lipinski definition) is 1. The van der Waals surface area contributed by atoms with E-state index in [1.165, 1.54) is 17.3 Å². The Bertz CT molecular complexity index is 697. The summed E-state index contributed by atoms with van der Waals surface area (Å²) in [6.45, 7) is 10.0. The standard InChI is InChI=1S/C19H25N3OS/c1-6-12(2)16-9-7-8-10-17(16)22-19(23)14(4)24-18-11-13(3)20-15(5)21-18/h7-12,14H,6H2,1-5H3,(H,22,23)/t12-,14+/m1/s1. The first-order chi connectivity index (χ1) is 11.4. The quantitative estimate of drug-likeness (QED) is 0.609. The zero-order chi connectivity index (χ0) is 17.7. The molecule has 2 rings (SSSR count). The number of nitrogens with one attached hydrogen (secondary N) is 1. The number of amides is 1. The van der Waals surface area contributed by atoms with Crippen molar-refractivity contribution in [1.29, 1.82) is 0 Å². The van der Waals surface area contributed by atoms with E-state index in [1.807, 2.05) is 45.0 Å². The van der Waals surface area contributed by atoms with Crippen LogP contribution in [-0.2, 0) is 4.79 Å². The van der Waals surface area contributed by atoms with Gasteiger partial charge < -0.3 is 5.32 Å². The summed E-state index contributed by atoms with van der Waals surface area (Å²) in [5, 5.41) is 3.67. The first-order valence-corrected chi connectivity index (χ1v) is 9.17. The predicted molar refractivity (Wildman–Crippen MR) is 101 cm³/mol. The van der Waals surface area contributed by atoms with E-state index in [0.717, 1.165) is 28.7 Å². The summed E-state index contributed by atoms with van der Waals surface area (Å²) in [6.07, 6.45) is 1.04. The van der Waals surface area contributed by atoms with E-state index in [-0.39, 0.29) is 11.2 Å². The summed E-state index contributed by atoms with van der Waals surface area (Å²) in [7, 11) is 0. The summed E-state index contributed by atoms with van der Waals surface area (Å²) in [6, 6.07) is 9.93. The number of thioether (sulfide) groups is 1. The fraction of sp³-hybridized carbons (Fsp3) is 0.421. The van der Waals surface area contributed by atoms with Gasteiger partial charge in [-0.15, -0.1) is 0 Å². The topological polar surface area (TPSA) is 54.9 Å². The smallest absolute Gasteiger partial charge is 0.237 e. The Labute approximate surface area is 148 Å². The second kappa shape index (κ2) is 8.29. The average Bonchev–Trinajstić information content (AvgIpc) is 2.53. The van der Waals surface area contributed by atoms with Crippen molar-refractivity contribution in [3.8, 4) is 0 Å². The van der Waals surface area contributed by atoms with E-state index in [9.17, 15) is 4.79 Å². The Morgan fingerprint density at radius 3 is 2.58 bits per heavy atom. The highest BCUT2D eigenvalue weighted by molar-refractivity contribution is 8.00. The molecule has 128 valence electrons. The van der Waals surface area contributed by atoms with Crippen LogP contribution in [0.15, 0.2) is 35.4 Å². The molecule has 0 aliphatic rings. The van der Waals surface area contributed by atoms with E-state index < -0.39 is 0 Å². The highest BCUT2D eigenvalue weighted by Crippen LogP contribution is 2.28. The van der Waals surface area contributed by atoms with E-state index in [2.05, 4.69) is 35.2 Å². The van der Waals surface area contributed by atoms with Crippen LogP contribution in [0.4, 0.5) is 5.69 Å². The van der Waals surface area contributed by atoms with E-state index >= 15 is 0 Å². The number of carbonyl (C=O) groups excluding carboxylic acids is 1. The van der Waals surface area contributed by atoms with Crippen molar-refractivity contribution in [3.05, 3.63) is 47.4 Å². The number of nitrogens with zero attached hydrogens (tertiary/aromatic N) is 2. The van der Waals surface area contributed by atoms with Gasteiger partial charge in [0.1, 0.15) is 10.9 Å². The lowest BCUT2D eigenvalue weighted by molar-refractivity contribution is -0.115. The van der Waals surface area contributed by atoms with E-state index in [0.29, 0.717) is 5.92 Å². The van der Waals surface area contributed by atoms with E-state index in [4.69, 9.17) is 0 Å². The Morgan fingerprint density at radius 1 is 1.21 bits per heavy atom. The molecule has 0 spiro atoms.